The molecule has 1 fully saturated rings. The molecule has 0 N–H and O–H groups in total. The fourth-order valence-corrected chi connectivity index (χ4v) is 3.22. The fraction of sp³-hybridized carbons (Fsp3) is 0.667. The van der Waals surface area contributed by atoms with Crippen LogP contribution >= 0.6 is 0 Å². The van der Waals surface area contributed by atoms with Crippen molar-refractivity contribution < 1.29 is 9.53 Å². The molecule has 0 spiro atoms. The van der Waals surface area contributed by atoms with Gasteiger partial charge in [-0.2, -0.15) is 0 Å². The van der Waals surface area contributed by atoms with Crippen molar-refractivity contribution in [2.24, 2.45) is 5.92 Å². The second kappa shape index (κ2) is 4.88. The number of ether oxygens (including phenoxy) is 1. The molecule has 0 saturated carbocycles. The molecule has 1 atom stereocenters. The molecule has 1 aliphatic carbocycles. The fourth-order valence-electron chi connectivity index (χ4n) is 3.22. The van der Waals surface area contributed by atoms with Gasteiger partial charge in [-0.05, 0) is 44.6 Å². The Labute approximate surface area is 108 Å². The van der Waals surface area contributed by atoms with Gasteiger partial charge in [0.25, 0.3) is 0 Å². The van der Waals surface area contributed by atoms with Crippen molar-refractivity contribution in [3.63, 3.8) is 0 Å². The Morgan fingerprint density at radius 3 is 3.11 bits per heavy atom. The van der Waals surface area contributed by atoms with Crippen molar-refractivity contribution in [3.05, 3.63) is 23.0 Å². The number of hydrogen-bond acceptors (Lipinski definition) is 2. The zero-order valence-corrected chi connectivity index (χ0v) is 11.1. The molecule has 98 valence electrons. The summed E-state index contributed by atoms with van der Waals surface area (Å²) in [5.41, 5.74) is 3.51. The number of nitrogens with zero attached hydrogens (tertiary/aromatic N) is 1. The van der Waals surface area contributed by atoms with E-state index in [9.17, 15) is 4.79 Å². The predicted octanol–water partition coefficient (Wildman–Crippen LogP) is 2.74. The van der Waals surface area contributed by atoms with E-state index in [1.807, 2.05) is 0 Å². The van der Waals surface area contributed by atoms with E-state index in [0.29, 0.717) is 11.7 Å². The van der Waals surface area contributed by atoms with Gasteiger partial charge >= 0.3 is 0 Å². The Kier molecular flexibility index (Phi) is 3.25. The molecule has 1 unspecified atom stereocenters. The molecule has 1 aromatic heterocycles. The molecular formula is C15H21NO2. The molecule has 1 aromatic rings. The zero-order valence-electron chi connectivity index (χ0n) is 11.1. The van der Waals surface area contributed by atoms with Crippen LogP contribution in [0.15, 0.2) is 6.07 Å². The van der Waals surface area contributed by atoms with Gasteiger partial charge in [-0.25, -0.2) is 0 Å². The number of carbonyl (C=O) groups is 1. The molecule has 0 aromatic carbocycles. The van der Waals surface area contributed by atoms with E-state index in [4.69, 9.17) is 4.74 Å². The lowest BCUT2D eigenvalue weighted by Gasteiger charge is -2.17. The van der Waals surface area contributed by atoms with Crippen molar-refractivity contribution in [2.75, 3.05) is 13.2 Å². The molecule has 1 aliphatic heterocycles. The lowest BCUT2D eigenvalue weighted by Crippen LogP contribution is -2.15. The molecule has 0 radical (unpaired) electrons. The Morgan fingerprint density at radius 1 is 1.44 bits per heavy atom. The second-order valence-corrected chi connectivity index (χ2v) is 5.59. The number of aromatic nitrogens is 1. The van der Waals surface area contributed by atoms with Crippen LogP contribution in [0.25, 0.3) is 0 Å². The van der Waals surface area contributed by atoms with E-state index >= 15 is 0 Å². The number of aryl methyl sites for hydroxylation is 1. The maximum absolute atomic E-state index is 11.9. The SMILES string of the molecule is Cc1cc2c(n1CCC1CCOC1)CCCC2=O. The van der Waals surface area contributed by atoms with Crippen LogP contribution in [0.5, 0.6) is 0 Å². The van der Waals surface area contributed by atoms with Crippen LogP contribution in [0.2, 0.25) is 0 Å². The van der Waals surface area contributed by atoms with Gasteiger partial charge in [0.05, 0.1) is 0 Å². The summed E-state index contributed by atoms with van der Waals surface area (Å²) in [7, 11) is 0. The third kappa shape index (κ3) is 2.12. The van der Waals surface area contributed by atoms with Crippen molar-refractivity contribution in [2.45, 2.75) is 45.6 Å². The summed E-state index contributed by atoms with van der Waals surface area (Å²) in [5, 5.41) is 0. The highest BCUT2D eigenvalue weighted by Crippen LogP contribution is 2.26. The predicted molar refractivity (Wildman–Crippen MR) is 70.0 cm³/mol. The first-order valence-electron chi connectivity index (χ1n) is 7.05. The summed E-state index contributed by atoms with van der Waals surface area (Å²) >= 11 is 0. The van der Waals surface area contributed by atoms with E-state index in [-0.39, 0.29) is 0 Å². The number of rotatable bonds is 3. The summed E-state index contributed by atoms with van der Waals surface area (Å²) in [6, 6.07) is 2.09. The van der Waals surface area contributed by atoms with Gasteiger partial charge in [0.2, 0.25) is 0 Å². The Bertz CT molecular complexity index is 455. The number of carbonyl (C=O) groups excluding carboxylic acids is 1. The third-order valence-corrected chi connectivity index (χ3v) is 4.32. The quantitative estimate of drug-likeness (QED) is 0.822. The summed E-state index contributed by atoms with van der Waals surface area (Å²) in [6.45, 7) is 5.01. The van der Waals surface area contributed by atoms with Gasteiger partial charge in [-0.3, -0.25) is 4.79 Å². The number of ketones is 1. The van der Waals surface area contributed by atoms with E-state index in [2.05, 4.69) is 17.6 Å². The van der Waals surface area contributed by atoms with Gasteiger partial charge in [0, 0.05) is 43.1 Å². The second-order valence-electron chi connectivity index (χ2n) is 5.59. The molecule has 3 rings (SSSR count). The van der Waals surface area contributed by atoms with E-state index in [1.54, 1.807) is 0 Å². The minimum Gasteiger partial charge on any atom is -0.381 e. The van der Waals surface area contributed by atoms with Crippen LogP contribution in [-0.4, -0.2) is 23.6 Å². The lowest BCUT2D eigenvalue weighted by molar-refractivity contribution is 0.0971. The maximum atomic E-state index is 11.9. The van der Waals surface area contributed by atoms with Gasteiger partial charge in [-0.15, -0.1) is 0 Å². The summed E-state index contributed by atoms with van der Waals surface area (Å²) in [4.78, 5) is 11.9. The minimum absolute atomic E-state index is 0.335. The average Bonchev–Trinajstić information content (AvgIpc) is 2.95. The number of fused-ring (bicyclic) bond motifs is 1. The van der Waals surface area contributed by atoms with Gasteiger partial charge in [-0.1, -0.05) is 0 Å². The summed E-state index contributed by atoms with van der Waals surface area (Å²) < 4.78 is 7.79. The van der Waals surface area contributed by atoms with Crippen LogP contribution in [0.1, 0.15) is 47.4 Å². The van der Waals surface area contributed by atoms with E-state index in [1.165, 1.54) is 24.2 Å². The highest BCUT2D eigenvalue weighted by molar-refractivity contribution is 5.98. The number of Topliss-reactive ketones (excluding diaryl/α,β-unsaturated/α-hetero) is 1. The molecule has 3 heteroatoms. The van der Waals surface area contributed by atoms with Gasteiger partial charge < -0.3 is 9.30 Å². The van der Waals surface area contributed by atoms with Gasteiger partial charge in [0.15, 0.2) is 5.78 Å². The van der Waals surface area contributed by atoms with Crippen LogP contribution in [-0.2, 0) is 17.7 Å². The third-order valence-electron chi connectivity index (χ3n) is 4.32. The Balaban J connectivity index is 1.76. The molecule has 1 saturated heterocycles. The largest absolute Gasteiger partial charge is 0.381 e. The smallest absolute Gasteiger partial charge is 0.164 e. The minimum atomic E-state index is 0.335. The van der Waals surface area contributed by atoms with Crippen molar-refractivity contribution in [1.82, 2.24) is 4.57 Å². The van der Waals surface area contributed by atoms with Crippen LogP contribution in [0.3, 0.4) is 0 Å². The molecule has 18 heavy (non-hydrogen) atoms. The zero-order chi connectivity index (χ0) is 12.5. The first-order valence-corrected chi connectivity index (χ1v) is 7.05. The molecule has 2 aliphatic rings. The lowest BCUT2D eigenvalue weighted by atomic mass is 9.96. The highest BCUT2D eigenvalue weighted by atomic mass is 16.5. The molecular weight excluding hydrogens is 226 g/mol. The first kappa shape index (κ1) is 12.0. The topological polar surface area (TPSA) is 31.2 Å². The monoisotopic (exact) mass is 247 g/mol. The molecule has 0 amide bonds. The van der Waals surface area contributed by atoms with Crippen molar-refractivity contribution >= 4 is 5.78 Å². The van der Waals surface area contributed by atoms with Crippen molar-refractivity contribution in [3.8, 4) is 0 Å². The van der Waals surface area contributed by atoms with Crippen LogP contribution in [0, 0.1) is 12.8 Å². The molecule has 0 bridgehead atoms. The van der Waals surface area contributed by atoms with E-state index in [0.717, 1.165) is 44.6 Å². The summed E-state index contributed by atoms with van der Waals surface area (Å²) in [6.07, 6.45) is 5.18. The van der Waals surface area contributed by atoms with Crippen LogP contribution < -0.4 is 0 Å². The van der Waals surface area contributed by atoms with Gasteiger partial charge in [0.1, 0.15) is 0 Å². The highest BCUT2D eigenvalue weighted by Gasteiger charge is 2.23. The summed E-state index contributed by atoms with van der Waals surface area (Å²) in [5.74, 6) is 1.05. The van der Waals surface area contributed by atoms with E-state index < -0.39 is 0 Å². The Morgan fingerprint density at radius 2 is 2.33 bits per heavy atom. The normalized spacial score (nSPS) is 23.4. The standard InChI is InChI=1S/C15H21NO2/c1-11-9-13-14(3-2-4-15(13)17)16(11)7-5-12-6-8-18-10-12/h9,12H,2-8,10H2,1H3. The maximum Gasteiger partial charge on any atom is 0.164 e. The average molecular weight is 247 g/mol. The number of hydrogen-bond donors (Lipinski definition) is 0. The molecule has 2 heterocycles. The Hall–Kier alpha value is -1.09. The van der Waals surface area contributed by atoms with Crippen LogP contribution in [0.4, 0.5) is 0 Å². The molecule has 3 nitrogen and oxygen atoms in total. The van der Waals surface area contributed by atoms with Crippen molar-refractivity contribution in [1.29, 1.82) is 0 Å². The first-order chi connectivity index (χ1) is 8.75.